The molecule has 0 saturated carbocycles. The number of aryl methyl sites for hydroxylation is 1. The Morgan fingerprint density at radius 3 is 3.00 bits per heavy atom. The molecule has 0 aliphatic heterocycles. The van der Waals surface area contributed by atoms with Crippen molar-refractivity contribution in [3.05, 3.63) is 45.6 Å². The molecule has 3 rings (SSSR count). The summed E-state index contributed by atoms with van der Waals surface area (Å²) in [5, 5.41) is 8.71. The van der Waals surface area contributed by atoms with E-state index in [0.29, 0.717) is 29.7 Å². The lowest BCUT2D eigenvalue weighted by Crippen LogP contribution is -2.05. The van der Waals surface area contributed by atoms with Crippen LogP contribution in [-0.4, -0.2) is 21.7 Å². The molecule has 0 amide bonds. The zero-order chi connectivity index (χ0) is 14.8. The Morgan fingerprint density at radius 2 is 2.24 bits per heavy atom. The first-order chi connectivity index (χ1) is 10.1. The third kappa shape index (κ3) is 3.16. The lowest BCUT2D eigenvalue weighted by atomic mass is 10.2. The van der Waals surface area contributed by atoms with E-state index in [1.165, 1.54) is 0 Å². The van der Waals surface area contributed by atoms with Crippen molar-refractivity contribution in [2.75, 3.05) is 11.9 Å². The Kier molecular flexibility index (Phi) is 4.07. The van der Waals surface area contributed by atoms with Gasteiger partial charge < -0.3 is 9.84 Å². The summed E-state index contributed by atoms with van der Waals surface area (Å²) in [6.07, 6.45) is 2.40. The van der Waals surface area contributed by atoms with Gasteiger partial charge in [0.05, 0.1) is 10.5 Å². The van der Waals surface area contributed by atoms with Crippen molar-refractivity contribution in [3.8, 4) is 0 Å². The predicted octanol–water partition coefficient (Wildman–Crippen LogP) is 4.00. The molecule has 0 radical (unpaired) electrons. The molecule has 0 unspecified atom stereocenters. The normalized spacial score (nSPS) is 11.0. The number of aromatic nitrogens is 3. The number of hydrogen-bond acceptors (Lipinski definition) is 5. The van der Waals surface area contributed by atoms with Crippen molar-refractivity contribution in [1.29, 1.82) is 0 Å². The fraction of sp³-hybridized carbons (Fsp3) is 0.214. The highest BCUT2D eigenvalue weighted by Crippen LogP contribution is 2.30. The van der Waals surface area contributed by atoms with Crippen LogP contribution in [0.2, 0.25) is 5.02 Å². The van der Waals surface area contributed by atoms with E-state index in [4.69, 9.17) is 16.1 Å². The third-order valence-corrected chi connectivity index (χ3v) is 3.73. The minimum absolute atomic E-state index is 0.621. The first-order valence-electron chi connectivity index (χ1n) is 6.40. The number of nitrogens with one attached hydrogen (secondary N) is 1. The van der Waals surface area contributed by atoms with Gasteiger partial charge in [-0.25, -0.2) is 0 Å². The SMILES string of the molecule is Cc1noc(CCNc2ccnc3c(Cl)cc(Br)cc23)n1. The van der Waals surface area contributed by atoms with Gasteiger partial charge in [-0.2, -0.15) is 4.98 Å². The van der Waals surface area contributed by atoms with Crippen molar-refractivity contribution in [1.82, 2.24) is 15.1 Å². The van der Waals surface area contributed by atoms with Gasteiger partial charge in [0, 0.05) is 34.7 Å². The second kappa shape index (κ2) is 5.99. The van der Waals surface area contributed by atoms with Gasteiger partial charge in [-0.1, -0.05) is 32.7 Å². The Morgan fingerprint density at radius 1 is 1.38 bits per heavy atom. The average molecular weight is 368 g/mol. The summed E-state index contributed by atoms with van der Waals surface area (Å²) < 4.78 is 6.01. The lowest BCUT2D eigenvalue weighted by molar-refractivity contribution is 0.377. The number of anilines is 1. The van der Waals surface area contributed by atoms with Gasteiger partial charge in [-0.05, 0) is 25.1 Å². The molecule has 0 aliphatic carbocycles. The van der Waals surface area contributed by atoms with Crippen LogP contribution in [0.5, 0.6) is 0 Å². The van der Waals surface area contributed by atoms with Gasteiger partial charge in [0.15, 0.2) is 5.82 Å². The molecule has 108 valence electrons. The summed E-state index contributed by atoms with van der Waals surface area (Å²) in [6, 6.07) is 5.75. The quantitative estimate of drug-likeness (QED) is 0.755. The number of fused-ring (bicyclic) bond motifs is 1. The lowest BCUT2D eigenvalue weighted by Gasteiger charge is -2.09. The molecule has 0 atom stereocenters. The number of hydrogen-bond donors (Lipinski definition) is 1. The average Bonchev–Trinajstić information content (AvgIpc) is 2.85. The fourth-order valence-corrected chi connectivity index (χ4v) is 2.94. The van der Waals surface area contributed by atoms with E-state index in [1.54, 1.807) is 13.1 Å². The Hall–Kier alpha value is -1.66. The summed E-state index contributed by atoms with van der Waals surface area (Å²) in [4.78, 5) is 8.49. The van der Waals surface area contributed by atoms with Crippen molar-refractivity contribution in [2.45, 2.75) is 13.3 Å². The van der Waals surface area contributed by atoms with Crippen molar-refractivity contribution in [2.24, 2.45) is 0 Å². The standard InChI is InChI=1S/C14H12BrClN4O/c1-8-19-13(21-20-8)3-5-17-12-2-4-18-14-10(12)6-9(15)7-11(14)16/h2,4,6-7H,3,5H2,1H3,(H,17,18). The van der Waals surface area contributed by atoms with Gasteiger partial charge >= 0.3 is 0 Å². The summed E-state index contributed by atoms with van der Waals surface area (Å²) >= 11 is 9.67. The molecule has 1 aromatic carbocycles. The Balaban J connectivity index is 1.80. The van der Waals surface area contributed by atoms with Gasteiger partial charge in [0.1, 0.15) is 0 Å². The molecule has 7 heteroatoms. The van der Waals surface area contributed by atoms with Crippen LogP contribution >= 0.6 is 27.5 Å². The molecule has 2 heterocycles. The first kappa shape index (κ1) is 14.3. The van der Waals surface area contributed by atoms with E-state index in [0.717, 1.165) is 21.1 Å². The number of rotatable bonds is 4. The highest BCUT2D eigenvalue weighted by Gasteiger charge is 2.08. The first-order valence-corrected chi connectivity index (χ1v) is 7.57. The second-order valence-electron chi connectivity index (χ2n) is 4.55. The van der Waals surface area contributed by atoms with E-state index in [1.807, 2.05) is 18.2 Å². The number of halogens is 2. The maximum Gasteiger partial charge on any atom is 0.228 e. The summed E-state index contributed by atoms with van der Waals surface area (Å²) in [5.41, 5.74) is 1.75. The summed E-state index contributed by atoms with van der Waals surface area (Å²) in [7, 11) is 0. The highest BCUT2D eigenvalue weighted by atomic mass is 79.9. The molecule has 21 heavy (non-hydrogen) atoms. The number of benzene rings is 1. The molecular weight excluding hydrogens is 356 g/mol. The topological polar surface area (TPSA) is 63.8 Å². The molecule has 3 aromatic rings. The minimum Gasteiger partial charge on any atom is -0.384 e. The zero-order valence-corrected chi connectivity index (χ0v) is 13.6. The largest absolute Gasteiger partial charge is 0.384 e. The summed E-state index contributed by atoms with van der Waals surface area (Å²) in [5.74, 6) is 1.27. The van der Waals surface area contributed by atoms with Gasteiger partial charge in [-0.15, -0.1) is 0 Å². The number of pyridine rings is 1. The molecule has 0 aliphatic rings. The Labute approximate surface area is 134 Å². The van der Waals surface area contributed by atoms with Gasteiger partial charge in [-0.3, -0.25) is 4.98 Å². The van der Waals surface area contributed by atoms with Crippen LogP contribution in [0.3, 0.4) is 0 Å². The minimum atomic E-state index is 0.621. The van der Waals surface area contributed by atoms with E-state index < -0.39 is 0 Å². The van der Waals surface area contributed by atoms with Crippen LogP contribution < -0.4 is 5.32 Å². The van der Waals surface area contributed by atoms with Crippen LogP contribution in [0.1, 0.15) is 11.7 Å². The van der Waals surface area contributed by atoms with E-state index in [-0.39, 0.29) is 0 Å². The van der Waals surface area contributed by atoms with Gasteiger partial charge in [0.2, 0.25) is 5.89 Å². The van der Waals surface area contributed by atoms with Crippen molar-refractivity contribution < 1.29 is 4.52 Å². The summed E-state index contributed by atoms with van der Waals surface area (Å²) in [6.45, 7) is 2.49. The monoisotopic (exact) mass is 366 g/mol. The molecule has 0 bridgehead atoms. The van der Waals surface area contributed by atoms with E-state index in [9.17, 15) is 0 Å². The second-order valence-corrected chi connectivity index (χ2v) is 5.88. The fourth-order valence-electron chi connectivity index (χ4n) is 2.08. The van der Waals surface area contributed by atoms with Crippen molar-refractivity contribution in [3.63, 3.8) is 0 Å². The molecule has 2 aromatic heterocycles. The van der Waals surface area contributed by atoms with Crippen LogP contribution in [-0.2, 0) is 6.42 Å². The highest BCUT2D eigenvalue weighted by molar-refractivity contribution is 9.10. The predicted molar refractivity (Wildman–Crippen MR) is 85.7 cm³/mol. The third-order valence-electron chi connectivity index (χ3n) is 2.99. The maximum atomic E-state index is 6.21. The molecule has 0 spiro atoms. The molecule has 1 N–H and O–H groups in total. The van der Waals surface area contributed by atoms with E-state index >= 15 is 0 Å². The van der Waals surface area contributed by atoms with Crippen molar-refractivity contribution >= 4 is 44.1 Å². The van der Waals surface area contributed by atoms with Crippen LogP contribution in [0.15, 0.2) is 33.4 Å². The smallest absolute Gasteiger partial charge is 0.228 e. The molecule has 0 saturated heterocycles. The maximum absolute atomic E-state index is 6.21. The van der Waals surface area contributed by atoms with Crippen LogP contribution in [0, 0.1) is 6.92 Å². The molecule has 0 fully saturated rings. The zero-order valence-electron chi connectivity index (χ0n) is 11.2. The van der Waals surface area contributed by atoms with Crippen LogP contribution in [0.25, 0.3) is 10.9 Å². The molecule has 5 nitrogen and oxygen atoms in total. The Bertz CT molecular complexity index is 790. The molecular formula is C14H12BrClN4O. The van der Waals surface area contributed by atoms with E-state index in [2.05, 4.69) is 36.4 Å². The van der Waals surface area contributed by atoms with Gasteiger partial charge in [0.25, 0.3) is 0 Å². The van der Waals surface area contributed by atoms with Crippen LogP contribution in [0.4, 0.5) is 5.69 Å². The number of nitrogens with zero attached hydrogens (tertiary/aromatic N) is 3.